The molecule has 0 aromatic heterocycles. The summed E-state index contributed by atoms with van der Waals surface area (Å²) in [6, 6.07) is 5.17. The highest BCUT2D eigenvalue weighted by Gasteiger charge is 2.12. The summed E-state index contributed by atoms with van der Waals surface area (Å²) < 4.78 is 10.2. The molecule has 1 aromatic carbocycles. The molecule has 0 atom stereocenters. The van der Waals surface area contributed by atoms with Gasteiger partial charge in [0.15, 0.2) is 0 Å². The predicted octanol–water partition coefficient (Wildman–Crippen LogP) is 4.85. The lowest BCUT2D eigenvalue weighted by molar-refractivity contribution is -0.147. The van der Waals surface area contributed by atoms with Crippen LogP contribution in [0.2, 0.25) is 5.02 Å². The van der Waals surface area contributed by atoms with Crippen LogP contribution < -0.4 is 4.74 Å². The lowest BCUT2D eigenvalue weighted by Gasteiger charge is -2.07. The Morgan fingerprint density at radius 3 is 2.43 bits per heavy atom. The fraction of sp³-hybridized carbons (Fsp3) is 0.556. The van der Waals surface area contributed by atoms with Crippen molar-refractivity contribution in [3.63, 3.8) is 0 Å². The minimum absolute atomic E-state index is 0.0150. The van der Waals surface area contributed by atoms with Crippen LogP contribution in [0.5, 0.6) is 5.75 Å². The number of unbranched alkanes of at least 4 members (excludes halogenated alkanes) is 4. The first kappa shape index (κ1) is 19.5. The second-order valence-corrected chi connectivity index (χ2v) is 5.95. The molecular weight excluding hydrogens is 316 g/mol. The van der Waals surface area contributed by atoms with Gasteiger partial charge in [0.05, 0.1) is 24.5 Å². The molecular formula is C18H25ClO4. The van der Waals surface area contributed by atoms with Gasteiger partial charge in [-0.2, -0.15) is 0 Å². The van der Waals surface area contributed by atoms with Crippen LogP contribution in [0.25, 0.3) is 0 Å². The Morgan fingerprint density at radius 2 is 1.74 bits per heavy atom. The van der Waals surface area contributed by atoms with Crippen LogP contribution in [0.15, 0.2) is 18.2 Å². The van der Waals surface area contributed by atoms with E-state index in [1.165, 1.54) is 12.8 Å². The normalized spacial score (nSPS) is 10.4. The lowest BCUT2D eigenvalue weighted by atomic mass is 10.2. The van der Waals surface area contributed by atoms with Crippen molar-refractivity contribution in [2.75, 3.05) is 6.61 Å². The third-order valence-corrected chi connectivity index (χ3v) is 3.65. The Hall–Kier alpha value is -1.55. The van der Waals surface area contributed by atoms with Gasteiger partial charge in [-0.25, -0.2) is 0 Å². The van der Waals surface area contributed by atoms with E-state index in [2.05, 4.69) is 6.92 Å². The zero-order valence-corrected chi connectivity index (χ0v) is 14.7. The summed E-state index contributed by atoms with van der Waals surface area (Å²) >= 11 is 5.99. The van der Waals surface area contributed by atoms with E-state index >= 15 is 0 Å². The Kier molecular flexibility index (Phi) is 9.37. The van der Waals surface area contributed by atoms with Crippen molar-refractivity contribution >= 4 is 23.5 Å². The van der Waals surface area contributed by atoms with E-state index in [1.54, 1.807) is 18.2 Å². The number of ether oxygens (including phenoxy) is 2. The smallest absolute Gasteiger partial charge is 0.311 e. The average Bonchev–Trinajstić information content (AvgIpc) is 2.51. The van der Waals surface area contributed by atoms with Gasteiger partial charge in [-0.3, -0.25) is 9.59 Å². The first-order chi connectivity index (χ1) is 11.0. The van der Waals surface area contributed by atoms with E-state index in [0.717, 1.165) is 24.8 Å². The average molecular weight is 341 g/mol. The van der Waals surface area contributed by atoms with Crippen LogP contribution in [0.4, 0.5) is 0 Å². The zero-order valence-electron chi connectivity index (χ0n) is 13.9. The van der Waals surface area contributed by atoms with Crippen molar-refractivity contribution in [3.05, 3.63) is 28.8 Å². The topological polar surface area (TPSA) is 52.6 Å². The Bertz CT molecular complexity index is 514. The molecule has 0 aliphatic heterocycles. The van der Waals surface area contributed by atoms with Gasteiger partial charge < -0.3 is 9.47 Å². The molecule has 1 rings (SSSR count). The van der Waals surface area contributed by atoms with E-state index in [-0.39, 0.29) is 18.8 Å². The van der Waals surface area contributed by atoms with Gasteiger partial charge in [0.1, 0.15) is 5.75 Å². The molecule has 0 bridgehead atoms. The van der Waals surface area contributed by atoms with E-state index in [0.29, 0.717) is 17.4 Å². The van der Waals surface area contributed by atoms with E-state index in [9.17, 15) is 9.59 Å². The number of benzene rings is 1. The molecule has 4 nitrogen and oxygen atoms in total. The van der Waals surface area contributed by atoms with Crippen LogP contribution in [0.3, 0.4) is 0 Å². The summed E-state index contributed by atoms with van der Waals surface area (Å²) in [5.41, 5.74) is 0.984. The van der Waals surface area contributed by atoms with Crippen molar-refractivity contribution in [3.8, 4) is 5.75 Å². The first-order valence-electron chi connectivity index (χ1n) is 8.15. The molecule has 5 heteroatoms. The molecule has 0 amide bonds. The van der Waals surface area contributed by atoms with Gasteiger partial charge in [0, 0.05) is 0 Å². The van der Waals surface area contributed by atoms with Gasteiger partial charge in [0.25, 0.3) is 0 Å². The Labute approximate surface area is 143 Å². The van der Waals surface area contributed by atoms with Gasteiger partial charge in [-0.1, -0.05) is 50.3 Å². The van der Waals surface area contributed by atoms with Crippen LogP contribution in [-0.2, 0) is 14.3 Å². The van der Waals surface area contributed by atoms with Crippen molar-refractivity contribution in [1.82, 2.24) is 0 Å². The van der Waals surface area contributed by atoms with Crippen molar-refractivity contribution < 1.29 is 19.1 Å². The summed E-state index contributed by atoms with van der Waals surface area (Å²) in [5.74, 6) is -0.547. The van der Waals surface area contributed by atoms with Crippen LogP contribution in [0, 0.1) is 6.92 Å². The molecule has 0 saturated carbocycles. The van der Waals surface area contributed by atoms with Crippen LogP contribution in [-0.4, -0.2) is 18.5 Å². The number of halogens is 1. The summed E-state index contributed by atoms with van der Waals surface area (Å²) in [7, 11) is 0. The highest BCUT2D eigenvalue weighted by atomic mass is 35.5. The largest absolute Gasteiger partial charge is 0.466 e. The van der Waals surface area contributed by atoms with E-state index in [4.69, 9.17) is 21.1 Å². The Balaban J connectivity index is 2.18. The highest BCUT2D eigenvalue weighted by Crippen LogP contribution is 2.25. The lowest BCUT2D eigenvalue weighted by Crippen LogP contribution is -2.13. The molecule has 0 radical (unpaired) electrons. The van der Waals surface area contributed by atoms with Gasteiger partial charge in [-0.15, -0.1) is 0 Å². The fourth-order valence-corrected chi connectivity index (χ4v) is 2.30. The second kappa shape index (κ2) is 11.1. The maximum absolute atomic E-state index is 11.7. The minimum Gasteiger partial charge on any atom is -0.466 e. The number of aryl methyl sites for hydroxylation is 1. The first-order valence-corrected chi connectivity index (χ1v) is 8.53. The maximum Gasteiger partial charge on any atom is 0.311 e. The van der Waals surface area contributed by atoms with E-state index in [1.807, 2.05) is 6.92 Å². The third-order valence-electron chi connectivity index (χ3n) is 3.36. The number of esters is 2. The fourth-order valence-electron chi connectivity index (χ4n) is 2.03. The molecule has 0 aliphatic rings. The van der Waals surface area contributed by atoms with Crippen molar-refractivity contribution in [2.45, 2.75) is 58.8 Å². The van der Waals surface area contributed by atoms with Gasteiger partial charge in [-0.05, 0) is 31.0 Å². The second-order valence-electron chi connectivity index (χ2n) is 5.54. The number of rotatable bonds is 10. The molecule has 0 fully saturated rings. The summed E-state index contributed by atoms with van der Waals surface area (Å²) in [5, 5.41) is 0.382. The molecule has 23 heavy (non-hydrogen) atoms. The SMILES string of the molecule is CCCCCCCOC(=O)CCC(=O)Oc1ccc(C)cc1Cl. The van der Waals surface area contributed by atoms with Gasteiger partial charge >= 0.3 is 11.9 Å². The molecule has 1 aromatic rings. The molecule has 0 N–H and O–H groups in total. The molecule has 0 aliphatic carbocycles. The quantitative estimate of drug-likeness (QED) is 0.347. The van der Waals surface area contributed by atoms with Crippen molar-refractivity contribution in [1.29, 1.82) is 0 Å². The molecule has 128 valence electrons. The maximum atomic E-state index is 11.7. The zero-order chi connectivity index (χ0) is 17.1. The van der Waals surface area contributed by atoms with Crippen LogP contribution in [0.1, 0.15) is 57.4 Å². The predicted molar refractivity (Wildman–Crippen MR) is 90.8 cm³/mol. The highest BCUT2D eigenvalue weighted by molar-refractivity contribution is 6.32. The molecule has 0 unspecified atom stereocenters. The summed E-state index contributed by atoms with van der Waals surface area (Å²) in [4.78, 5) is 23.3. The van der Waals surface area contributed by atoms with E-state index < -0.39 is 5.97 Å². The van der Waals surface area contributed by atoms with Gasteiger partial charge in [0.2, 0.25) is 0 Å². The van der Waals surface area contributed by atoms with Crippen molar-refractivity contribution in [2.24, 2.45) is 0 Å². The summed E-state index contributed by atoms with van der Waals surface area (Å²) in [6.07, 6.45) is 5.51. The summed E-state index contributed by atoms with van der Waals surface area (Å²) in [6.45, 7) is 4.47. The Morgan fingerprint density at radius 1 is 1.04 bits per heavy atom. The number of carbonyl (C=O) groups is 2. The third kappa shape index (κ3) is 8.60. The van der Waals surface area contributed by atoms with Crippen LogP contribution >= 0.6 is 11.6 Å². The minimum atomic E-state index is -0.490. The monoisotopic (exact) mass is 340 g/mol. The molecule has 0 heterocycles. The number of hydrogen-bond acceptors (Lipinski definition) is 4. The number of hydrogen-bond donors (Lipinski definition) is 0. The molecule has 0 saturated heterocycles. The molecule has 0 spiro atoms. The number of carbonyl (C=O) groups excluding carboxylic acids is 2. The standard InChI is InChI=1S/C18H25ClO4/c1-3-4-5-6-7-12-22-17(20)10-11-18(21)23-16-9-8-14(2)13-15(16)19/h8-9,13H,3-7,10-12H2,1-2H3.